The normalized spacial score (nSPS) is 10.6. The van der Waals surface area contributed by atoms with Gasteiger partial charge in [-0.15, -0.1) is 0 Å². The lowest BCUT2D eigenvalue weighted by Crippen LogP contribution is -2.05. The number of hydrogen-bond acceptors (Lipinski definition) is 2. The highest BCUT2D eigenvalue weighted by atomic mass is 16.3. The second kappa shape index (κ2) is 4.91. The van der Waals surface area contributed by atoms with Crippen LogP contribution in [-0.2, 0) is 6.42 Å². The van der Waals surface area contributed by atoms with Crippen LogP contribution in [0.3, 0.4) is 0 Å². The number of rotatable bonds is 4. The van der Waals surface area contributed by atoms with Crippen LogP contribution >= 0.6 is 0 Å². The van der Waals surface area contributed by atoms with Crippen molar-refractivity contribution in [1.82, 2.24) is 0 Å². The summed E-state index contributed by atoms with van der Waals surface area (Å²) in [6, 6.07) is 7.47. The Morgan fingerprint density at radius 2 is 2.14 bits per heavy atom. The van der Waals surface area contributed by atoms with E-state index in [0.717, 1.165) is 12.0 Å². The van der Waals surface area contributed by atoms with Crippen LogP contribution in [0.2, 0.25) is 0 Å². The summed E-state index contributed by atoms with van der Waals surface area (Å²) in [4.78, 5) is 11.2. The molecule has 0 atom stereocenters. The van der Waals surface area contributed by atoms with E-state index in [1.54, 1.807) is 6.07 Å². The third-order valence-corrected chi connectivity index (χ3v) is 2.04. The van der Waals surface area contributed by atoms with E-state index in [-0.39, 0.29) is 5.78 Å². The molecule has 0 aliphatic carbocycles. The first-order valence-corrected chi connectivity index (χ1v) is 4.86. The Labute approximate surface area is 84.6 Å². The summed E-state index contributed by atoms with van der Waals surface area (Å²) in [5.74, 6) is 0.366. The molecule has 0 saturated heterocycles. The Bertz CT molecular complexity index is 316. The van der Waals surface area contributed by atoms with Crippen LogP contribution in [0.5, 0.6) is 0 Å². The van der Waals surface area contributed by atoms with Gasteiger partial charge in [-0.2, -0.15) is 0 Å². The van der Waals surface area contributed by atoms with Crippen LogP contribution in [0.15, 0.2) is 24.3 Å². The minimum Gasteiger partial charge on any atom is -0.388 e. The number of benzene rings is 1. The number of aliphatic hydroxyl groups excluding tert-OH is 1. The van der Waals surface area contributed by atoms with E-state index in [0.29, 0.717) is 11.5 Å². The average Bonchev–Trinajstić information content (AvgIpc) is 2.16. The van der Waals surface area contributed by atoms with Gasteiger partial charge in [-0.25, -0.2) is 0 Å². The van der Waals surface area contributed by atoms with Gasteiger partial charge in [-0.3, -0.25) is 4.79 Å². The zero-order valence-electron chi connectivity index (χ0n) is 8.66. The van der Waals surface area contributed by atoms with Crippen molar-refractivity contribution in [1.29, 1.82) is 0 Å². The summed E-state index contributed by atoms with van der Waals surface area (Å²) in [5.41, 5.74) is 1.75. The molecule has 1 aromatic rings. The average molecular weight is 192 g/mol. The fraction of sp³-hybridized carbons (Fsp3) is 0.417. The molecular formula is C12H16O2. The lowest BCUT2D eigenvalue weighted by molar-refractivity contribution is 0.0903. The Morgan fingerprint density at radius 3 is 2.71 bits per heavy atom. The molecule has 76 valence electrons. The summed E-state index contributed by atoms with van der Waals surface area (Å²) in [6.45, 7) is 3.87. The zero-order valence-corrected chi connectivity index (χ0v) is 8.66. The topological polar surface area (TPSA) is 37.3 Å². The summed E-state index contributed by atoms with van der Waals surface area (Å²) in [6.07, 6.45) is 0.965. The van der Waals surface area contributed by atoms with Crippen molar-refractivity contribution in [2.45, 2.75) is 20.3 Å². The Morgan fingerprint density at radius 1 is 1.43 bits per heavy atom. The summed E-state index contributed by atoms with van der Waals surface area (Å²) in [5, 5.41) is 8.71. The van der Waals surface area contributed by atoms with Gasteiger partial charge < -0.3 is 5.11 Å². The van der Waals surface area contributed by atoms with Crippen molar-refractivity contribution in [3.8, 4) is 0 Å². The van der Waals surface area contributed by atoms with Crippen LogP contribution in [0.25, 0.3) is 0 Å². The van der Waals surface area contributed by atoms with Crippen LogP contribution in [0.4, 0.5) is 0 Å². The third kappa shape index (κ3) is 2.96. The van der Waals surface area contributed by atoms with Gasteiger partial charge in [0, 0.05) is 5.56 Å². The van der Waals surface area contributed by atoms with Crippen LogP contribution in [0.1, 0.15) is 29.8 Å². The molecule has 0 fully saturated rings. The standard InChI is InChI=1S/C12H16O2/c1-9(2)6-10-4-3-5-11(7-10)12(14)8-13/h3-5,7,9,13H,6,8H2,1-2H3. The lowest BCUT2D eigenvalue weighted by Gasteiger charge is -2.06. The van der Waals surface area contributed by atoms with Gasteiger partial charge in [0.15, 0.2) is 5.78 Å². The molecule has 0 heterocycles. The second-order valence-corrected chi connectivity index (χ2v) is 3.88. The van der Waals surface area contributed by atoms with Gasteiger partial charge in [0.1, 0.15) is 6.61 Å². The van der Waals surface area contributed by atoms with Crippen molar-refractivity contribution in [3.05, 3.63) is 35.4 Å². The van der Waals surface area contributed by atoms with Gasteiger partial charge in [0.05, 0.1) is 0 Å². The highest BCUT2D eigenvalue weighted by Crippen LogP contribution is 2.10. The molecule has 0 unspecified atom stereocenters. The number of carbonyl (C=O) groups is 1. The number of hydrogen-bond donors (Lipinski definition) is 1. The lowest BCUT2D eigenvalue weighted by atomic mass is 10.00. The number of ketones is 1. The molecule has 0 saturated carbocycles. The van der Waals surface area contributed by atoms with Crippen LogP contribution in [0, 0.1) is 5.92 Å². The van der Waals surface area contributed by atoms with E-state index in [1.165, 1.54) is 0 Å². The van der Waals surface area contributed by atoms with E-state index in [2.05, 4.69) is 13.8 Å². The van der Waals surface area contributed by atoms with Crippen molar-refractivity contribution < 1.29 is 9.90 Å². The van der Waals surface area contributed by atoms with Crippen molar-refractivity contribution in [2.75, 3.05) is 6.61 Å². The maximum atomic E-state index is 11.2. The minimum absolute atomic E-state index is 0.212. The smallest absolute Gasteiger partial charge is 0.188 e. The third-order valence-electron chi connectivity index (χ3n) is 2.04. The molecule has 0 spiro atoms. The maximum absolute atomic E-state index is 11.2. The first-order valence-electron chi connectivity index (χ1n) is 4.86. The molecule has 2 heteroatoms. The highest BCUT2D eigenvalue weighted by Gasteiger charge is 2.05. The maximum Gasteiger partial charge on any atom is 0.188 e. The van der Waals surface area contributed by atoms with Crippen molar-refractivity contribution in [3.63, 3.8) is 0 Å². The van der Waals surface area contributed by atoms with Crippen molar-refractivity contribution >= 4 is 5.78 Å². The minimum atomic E-state index is -0.412. The van der Waals surface area contributed by atoms with E-state index >= 15 is 0 Å². The summed E-state index contributed by atoms with van der Waals surface area (Å²) >= 11 is 0. The van der Waals surface area contributed by atoms with Gasteiger partial charge >= 0.3 is 0 Å². The Hall–Kier alpha value is -1.15. The second-order valence-electron chi connectivity index (χ2n) is 3.88. The highest BCUT2D eigenvalue weighted by molar-refractivity contribution is 5.97. The van der Waals surface area contributed by atoms with E-state index in [1.807, 2.05) is 18.2 Å². The molecule has 0 bridgehead atoms. The molecule has 14 heavy (non-hydrogen) atoms. The van der Waals surface area contributed by atoms with Crippen LogP contribution < -0.4 is 0 Å². The van der Waals surface area contributed by atoms with E-state index in [9.17, 15) is 4.79 Å². The molecule has 2 nitrogen and oxygen atoms in total. The molecule has 0 aliphatic rings. The molecule has 1 aromatic carbocycles. The Balaban J connectivity index is 2.84. The van der Waals surface area contributed by atoms with E-state index in [4.69, 9.17) is 5.11 Å². The number of carbonyl (C=O) groups excluding carboxylic acids is 1. The molecule has 1 N–H and O–H groups in total. The first-order chi connectivity index (χ1) is 6.63. The molecule has 0 radical (unpaired) electrons. The summed E-state index contributed by atoms with van der Waals surface area (Å²) in [7, 11) is 0. The predicted molar refractivity (Wildman–Crippen MR) is 56.4 cm³/mol. The molecular weight excluding hydrogens is 176 g/mol. The molecule has 0 amide bonds. The predicted octanol–water partition coefficient (Wildman–Crippen LogP) is 2.06. The molecule has 0 aliphatic heterocycles. The SMILES string of the molecule is CC(C)Cc1cccc(C(=O)CO)c1. The Kier molecular flexibility index (Phi) is 3.84. The largest absolute Gasteiger partial charge is 0.388 e. The van der Waals surface area contributed by atoms with Gasteiger partial charge in [0.25, 0.3) is 0 Å². The monoisotopic (exact) mass is 192 g/mol. The van der Waals surface area contributed by atoms with E-state index < -0.39 is 6.61 Å². The molecule has 0 aromatic heterocycles. The number of Topliss-reactive ketones (excluding diaryl/α,β-unsaturated/α-hetero) is 1. The molecule has 1 rings (SSSR count). The fourth-order valence-corrected chi connectivity index (χ4v) is 1.43. The zero-order chi connectivity index (χ0) is 10.6. The van der Waals surface area contributed by atoms with Crippen molar-refractivity contribution in [2.24, 2.45) is 5.92 Å². The number of aliphatic hydroxyl groups is 1. The van der Waals surface area contributed by atoms with Gasteiger partial charge in [0.2, 0.25) is 0 Å². The van der Waals surface area contributed by atoms with Gasteiger partial charge in [-0.05, 0) is 24.0 Å². The fourth-order valence-electron chi connectivity index (χ4n) is 1.43. The van der Waals surface area contributed by atoms with Crippen LogP contribution in [-0.4, -0.2) is 17.5 Å². The summed E-state index contributed by atoms with van der Waals surface area (Å²) < 4.78 is 0. The quantitative estimate of drug-likeness (QED) is 0.741. The first kappa shape index (κ1) is 10.9. The van der Waals surface area contributed by atoms with Gasteiger partial charge in [-0.1, -0.05) is 32.0 Å².